The Hall–Kier alpha value is -4.56. The van der Waals surface area contributed by atoms with Gasteiger partial charge in [-0.15, -0.1) is 0 Å². The summed E-state index contributed by atoms with van der Waals surface area (Å²) in [5, 5.41) is 13.9. The van der Waals surface area contributed by atoms with Crippen LogP contribution >= 0.6 is 11.6 Å². The van der Waals surface area contributed by atoms with E-state index < -0.39 is 65.9 Å². The number of fused-ring (bicyclic) bond motifs is 2. The van der Waals surface area contributed by atoms with Gasteiger partial charge in [-0.05, 0) is 55.5 Å². The minimum atomic E-state index is -5.47. The van der Waals surface area contributed by atoms with E-state index in [4.69, 9.17) is 26.8 Å². The van der Waals surface area contributed by atoms with Crippen LogP contribution in [0.15, 0.2) is 48.5 Å². The van der Waals surface area contributed by atoms with E-state index in [1.54, 1.807) is 6.92 Å². The van der Waals surface area contributed by atoms with Gasteiger partial charge in [-0.25, -0.2) is 18.7 Å². The lowest BCUT2D eigenvalue weighted by Crippen LogP contribution is -2.52. The second kappa shape index (κ2) is 11.4. The van der Waals surface area contributed by atoms with Crippen LogP contribution < -0.4 is 20.5 Å². The van der Waals surface area contributed by atoms with Gasteiger partial charge in [-0.1, -0.05) is 11.6 Å². The Kier molecular flexibility index (Phi) is 8.08. The molecule has 0 radical (unpaired) electrons. The number of halogens is 6. The van der Waals surface area contributed by atoms with Gasteiger partial charge in [0.1, 0.15) is 47.2 Å². The maximum atomic E-state index is 14.7. The summed E-state index contributed by atoms with van der Waals surface area (Å²) in [6.07, 6.45) is -5.47. The van der Waals surface area contributed by atoms with Crippen molar-refractivity contribution in [3.8, 4) is 22.8 Å². The van der Waals surface area contributed by atoms with Gasteiger partial charge in [0.2, 0.25) is 11.5 Å². The normalized spacial score (nSPS) is 17.4. The highest BCUT2D eigenvalue weighted by atomic mass is 35.5. The molecule has 3 heterocycles. The second-order valence-corrected chi connectivity index (χ2v) is 10.9. The summed E-state index contributed by atoms with van der Waals surface area (Å²) in [6, 6.07) is 9.12. The van der Waals surface area contributed by atoms with Crippen LogP contribution in [0.4, 0.5) is 22.0 Å². The number of carbonyl (C=O) groups excluding carboxylic acids is 2. The van der Waals surface area contributed by atoms with E-state index in [1.807, 2.05) is 0 Å². The lowest BCUT2D eigenvalue weighted by molar-refractivity contribution is -0.265. The third-order valence-electron chi connectivity index (χ3n) is 7.66. The van der Waals surface area contributed by atoms with E-state index in [1.165, 1.54) is 37.4 Å². The number of ether oxygens (including phenoxy) is 2. The van der Waals surface area contributed by atoms with E-state index in [-0.39, 0.29) is 33.3 Å². The van der Waals surface area contributed by atoms with Crippen LogP contribution in [0.25, 0.3) is 22.2 Å². The fourth-order valence-electron chi connectivity index (χ4n) is 4.96. The summed E-state index contributed by atoms with van der Waals surface area (Å²) in [5.41, 5.74) is -1.72. The van der Waals surface area contributed by atoms with Crippen LogP contribution in [-0.4, -0.2) is 60.0 Å². The molecule has 5 rings (SSSR count). The topological polar surface area (TPSA) is 137 Å². The summed E-state index contributed by atoms with van der Waals surface area (Å²) in [4.78, 5) is 33.9. The van der Waals surface area contributed by atoms with Crippen molar-refractivity contribution in [2.24, 2.45) is 5.73 Å². The van der Waals surface area contributed by atoms with Crippen molar-refractivity contribution in [3.05, 3.63) is 81.9 Å². The van der Waals surface area contributed by atoms with Gasteiger partial charge in [0.25, 0.3) is 5.91 Å². The average molecular weight is 651 g/mol. The van der Waals surface area contributed by atoms with Crippen molar-refractivity contribution in [3.63, 3.8) is 0 Å². The highest BCUT2D eigenvalue weighted by molar-refractivity contribution is 6.31. The van der Waals surface area contributed by atoms with E-state index in [0.29, 0.717) is 22.7 Å². The van der Waals surface area contributed by atoms with Crippen LogP contribution in [0.3, 0.4) is 0 Å². The highest BCUT2D eigenvalue weighted by Gasteiger charge is 2.58. The Bertz CT molecular complexity index is 1840. The molecule has 2 aromatic carbocycles. The first-order chi connectivity index (χ1) is 21.1. The Morgan fingerprint density at radius 2 is 1.84 bits per heavy atom. The number of alkyl halides is 4. The molecule has 0 saturated carbocycles. The number of nitrogens with two attached hydrogens (primary N) is 1. The van der Waals surface area contributed by atoms with Gasteiger partial charge in [-0.2, -0.15) is 13.2 Å². The molecule has 1 aliphatic rings. The van der Waals surface area contributed by atoms with Crippen LogP contribution in [-0.2, 0) is 15.8 Å². The van der Waals surface area contributed by atoms with E-state index in [2.05, 4.69) is 15.3 Å². The van der Waals surface area contributed by atoms with E-state index in [9.17, 15) is 36.6 Å². The number of primary amides is 1. The van der Waals surface area contributed by atoms with Gasteiger partial charge in [0.05, 0.1) is 30.1 Å². The fraction of sp³-hybridized carbons (Fsp3) is 0.267. The first kappa shape index (κ1) is 31.9. The van der Waals surface area contributed by atoms with Crippen molar-refractivity contribution in [1.82, 2.24) is 15.3 Å². The number of rotatable bonds is 8. The number of nitrogens with one attached hydrogen (secondary N) is 1. The summed E-state index contributed by atoms with van der Waals surface area (Å²) >= 11 is 6.16. The molecule has 0 unspecified atom stereocenters. The van der Waals surface area contributed by atoms with Crippen molar-refractivity contribution < 1.29 is 46.1 Å². The van der Waals surface area contributed by atoms with Crippen molar-refractivity contribution in [2.75, 3.05) is 26.9 Å². The maximum Gasteiger partial charge on any atom is 0.424 e. The molecule has 236 valence electrons. The number of aliphatic hydroxyl groups is 1. The molecule has 0 aliphatic carbocycles. The molecular formula is C30H24ClF5N4O5. The number of amides is 2. The van der Waals surface area contributed by atoms with Crippen LogP contribution in [0, 0.1) is 12.7 Å². The lowest BCUT2D eigenvalue weighted by atomic mass is 9.81. The van der Waals surface area contributed by atoms with E-state index >= 15 is 0 Å². The van der Waals surface area contributed by atoms with Gasteiger partial charge in [-0.3, -0.25) is 9.59 Å². The van der Waals surface area contributed by atoms with Crippen LogP contribution in [0.2, 0.25) is 5.02 Å². The third-order valence-corrected chi connectivity index (χ3v) is 8.04. The van der Waals surface area contributed by atoms with Gasteiger partial charge < -0.3 is 25.6 Å². The minimum absolute atomic E-state index is 0.0351. The monoisotopic (exact) mass is 650 g/mol. The first-order valence-corrected chi connectivity index (χ1v) is 13.6. The highest BCUT2D eigenvalue weighted by Crippen LogP contribution is 2.48. The zero-order valence-corrected chi connectivity index (χ0v) is 24.3. The molecule has 1 aliphatic heterocycles. The molecule has 0 spiro atoms. The van der Waals surface area contributed by atoms with Crippen molar-refractivity contribution in [1.29, 1.82) is 0 Å². The number of benzene rings is 2. The Labute approximate surface area is 257 Å². The predicted molar refractivity (Wildman–Crippen MR) is 152 cm³/mol. The molecular weight excluding hydrogens is 627 g/mol. The number of pyridine rings is 2. The van der Waals surface area contributed by atoms with E-state index in [0.717, 1.165) is 12.1 Å². The number of carbonyl (C=O) groups is 2. The van der Waals surface area contributed by atoms with Crippen molar-refractivity contribution in [2.45, 2.75) is 24.1 Å². The number of hydrogen-bond acceptors (Lipinski definition) is 7. The van der Waals surface area contributed by atoms with Crippen LogP contribution in [0.5, 0.6) is 11.5 Å². The second-order valence-electron chi connectivity index (χ2n) is 10.5. The summed E-state index contributed by atoms with van der Waals surface area (Å²) in [7, 11) is 1.32. The maximum absolute atomic E-state index is 14.7. The molecule has 2 aromatic heterocycles. The summed E-state index contributed by atoms with van der Waals surface area (Å²) < 4.78 is 82.9. The SMILES string of the molecule is COc1cc(C(=O)NC[C@](O)(c2cc3c(c(-c4ccc(F)cc4)n2)OC[C@@]3(CF)C(N)=O)C(F)(F)F)cc2cc(Cl)c(C)nc12. The number of aromatic nitrogens is 2. The van der Waals surface area contributed by atoms with Gasteiger partial charge >= 0.3 is 6.18 Å². The van der Waals surface area contributed by atoms with Gasteiger partial charge in [0, 0.05) is 22.1 Å². The summed E-state index contributed by atoms with van der Waals surface area (Å²) in [6.45, 7) is -1.90. The zero-order chi connectivity index (χ0) is 32.9. The van der Waals surface area contributed by atoms with Gasteiger partial charge in [0.15, 0.2) is 0 Å². The molecule has 45 heavy (non-hydrogen) atoms. The molecule has 0 bridgehead atoms. The molecule has 9 nitrogen and oxygen atoms in total. The molecule has 0 saturated heterocycles. The number of methoxy groups -OCH3 is 1. The molecule has 0 fully saturated rings. The van der Waals surface area contributed by atoms with Crippen LogP contribution in [0.1, 0.15) is 27.3 Å². The minimum Gasteiger partial charge on any atom is -0.494 e. The molecule has 15 heteroatoms. The zero-order valence-electron chi connectivity index (χ0n) is 23.6. The molecule has 4 aromatic rings. The molecule has 4 N–H and O–H groups in total. The van der Waals surface area contributed by atoms with Crippen molar-refractivity contribution >= 4 is 34.3 Å². The smallest absolute Gasteiger partial charge is 0.424 e. The standard InChI is InChI=1S/C30H24ClF5N4O5/c1-14-20(31)8-16-7-17(9-21(44-2)23(16)39-14)26(41)38-12-29(43,30(34,35)36)22-10-19-25(45-13-28(19,11-32)27(37)42)24(40-22)15-3-5-18(33)6-4-15/h3-10,43H,11-13H2,1-2H3,(H2,37,42)(H,38,41)/t28-,29+/m1/s1. The number of aryl methyl sites for hydroxylation is 1. The molecule has 2 atom stereocenters. The molecule has 2 amide bonds. The quantitative estimate of drug-likeness (QED) is 0.236. The summed E-state index contributed by atoms with van der Waals surface area (Å²) in [5.74, 6) is -3.06. The average Bonchev–Trinajstić information content (AvgIpc) is 3.39. The Morgan fingerprint density at radius 1 is 1.16 bits per heavy atom. The Morgan fingerprint density at radius 3 is 2.44 bits per heavy atom. The fourth-order valence-corrected chi connectivity index (χ4v) is 5.12. The Balaban J connectivity index is 1.60. The first-order valence-electron chi connectivity index (χ1n) is 13.2. The third kappa shape index (κ3) is 5.37. The lowest BCUT2D eigenvalue weighted by Gasteiger charge is -2.31. The largest absolute Gasteiger partial charge is 0.494 e. The number of nitrogens with zero attached hydrogens (tertiary/aromatic N) is 2. The predicted octanol–water partition coefficient (Wildman–Crippen LogP) is 4.67. The number of hydrogen-bond donors (Lipinski definition) is 3.